The van der Waals surface area contributed by atoms with Gasteiger partial charge in [0.1, 0.15) is 6.04 Å². The lowest BCUT2D eigenvalue weighted by atomic mass is 10.1. The number of carbonyl (C=O) groups excluding carboxylic acids is 3. The van der Waals surface area contributed by atoms with E-state index in [4.69, 9.17) is 9.47 Å². The zero-order valence-electron chi connectivity index (χ0n) is 17.7. The average molecular weight is 418 g/mol. The van der Waals surface area contributed by atoms with E-state index in [-0.39, 0.29) is 30.8 Å². The predicted molar refractivity (Wildman–Crippen MR) is 111 cm³/mol. The first kappa shape index (κ1) is 21.9. The number of hydrogen-bond acceptors (Lipinski definition) is 5. The highest BCUT2D eigenvalue weighted by Gasteiger charge is 2.38. The zero-order chi connectivity index (χ0) is 21.5. The molecule has 0 bridgehead atoms. The molecule has 0 aromatic heterocycles. The van der Waals surface area contributed by atoms with Crippen molar-refractivity contribution in [2.75, 3.05) is 14.2 Å². The van der Waals surface area contributed by atoms with Crippen LogP contribution in [0.2, 0.25) is 0 Å². The Labute approximate surface area is 177 Å². The Bertz CT molecular complexity index is 774. The van der Waals surface area contributed by atoms with E-state index in [1.54, 1.807) is 25.3 Å². The smallest absolute Gasteiger partial charge is 0.325 e. The van der Waals surface area contributed by atoms with Crippen LogP contribution in [0.5, 0.6) is 11.5 Å². The van der Waals surface area contributed by atoms with Crippen LogP contribution in [-0.2, 0) is 16.1 Å². The Morgan fingerprint density at radius 2 is 1.80 bits per heavy atom. The van der Waals surface area contributed by atoms with Gasteiger partial charge in [-0.05, 0) is 37.0 Å². The predicted octanol–water partition coefficient (Wildman–Crippen LogP) is 2.74. The minimum atomic E-state index is -0.669. The summed E-state index contributed by atoms with van der Waals surface area (Å²) in [6, 6.07) is 4.39. The van der Waals surface area contributed by atoms with Crippen molar-refractivity contribution < 1.29 is 23.9 Å². The van der Waals surface area contributed by atoms with E-state index in [1.807, 2.05) is 0 Å². The number of amides is 4. The number of methoxy groups -OCH3 is 2. The molecule has 1 heterocycles. The average Bonchev–Trinajstić information content (AvgIpc) is 2.92. The van der Waals surface area contributed by atoms with Gasteiger partial charge in [-0.25, -0.2) is 4.79 Å². The second kappa shape index (κ2) is 10.3. The van der Waals surface area contributed by atoms with Gasteiger partial charge in [-0.15, -0.1) is 0 Å². The molecule has 2 aliphatic rings. The number of hydrogen-bond donors (Lipinski definition) is 2. The van der Waals surface area contributed by atoms with Crippen LogP contribution in [0.4, 0.5) is 4.79 Å². The molecule has 4 amide bonds. The molecule has 3 rings (SSSR count). The number of urea groups is 1. The van der Waals surface area contributed by atoms with E-state index in [0.717, 1.165) is 31.2 Å². The van der Waals surface area contributed by atoms with Gasteiger partial charge in [-0.1, -0.05) is 31.7 Å². The molecular formula is C22H31N3O5. The number of imide groups is 1. The highest BCUT2D eigenvalue weighted by Crippen LogP contribution is 2.28. The Morgan fingerprint density at radius 3 is 2.47 bits per heavy atom. The minimum Gasteiger partial charge on any atom is -0.493 e. The standard InChI is InChI=1S/C22H31N3O5/c1-29-18-11-9-15(13-19(18)30-2)14-25-21(27)17(24-22(25)28)10-12-20(26)23-16-7-5-3-4-6-8-16/h9,11,13,16-17H,3-8,10,12,14H2,1-2H3,(H,23,26)(H,24,28)/t17-/m1/s1. The number of rotatable bonds is 8. The summed E-state index contributed by atoms with van der Waals surface area (Å²) in [5.74, 6) is 0.754. The third kappa shape index (κ3) is 5.43. The number of nitrogens with zero attached hydrogens (tertiary/aromatic N) is 1. The second-order valence-electron chi connectivity index (χ2n) is 7.91. The number of benzene rings is 1. The maximum absolute atomic E-state index is 12.7. The van der Waals surface area contributed by atoms with Crippen molar-refractivity contribution in [3.63, 3.8) is 0 Å². The molecule has 1 atom stereocenters. The molecule has 164 valence electrons. The second-order valence-corrected chi connectivity index (χ2v) is 7.91. The van der Waals surface area contributed by atoms with Gasteiger partial charge in [-0.2, -0.15) is 0 Å². The molecule has 2 N–H and O–H groups in total. The van der Waals surface area contributed by atoms with Crippen molar-refractivity contribution >= 4 is 17.8 Å². The summed E-state index contributed by atoms with van der Waals surface area (Å²) in [5, 5.41) is 5.78. The Balaban J connectivity index is 1.52. The first-order valence-corrected chi connectivity index (χ1v) is 10.6. The van der Waals surface area contributed by atoms with Crippen LogP contribution in [0.25, 0.3) is 0 Å². The summed E-state index contributed by atoms with van der Waals surface area (Å²) in [6.07, 6.45) is 7.30. The lowest BCUT2D eigenvalue weighted by Gasteiger charge is -2.17. The summed E-state index contributed by atoms with van der Waals surface area (Å²) >= 11 is 0. The largest absolute Gasteiger partial charge is 0.493 e. The summed E-state index contributed by atoms with van der Waals surface area (Å²) in [6.45, 7) is 0.135. The van der Waals surface area contributed by atoms with Crippen LogP contribution >= 0.6 is 0 Å². The normalized spacial score (nSPS) is 19.9. The molecule has 0 unspecified atom stereocenters. The first-order chi connectivity index (χ1) is 14.5. The number of ether oxygens (including phenoxy) is 2. The van der Waals surface area contributed by atoms with Crippen LogP contribution in [-0.4, -0.2) is 49.0 Å². The van der Waals surface area contributed by atoms with Gasteiger partial charge < -0.3 is 20.1 Å². The maximum Gasteiger partial charge on any atom is 0.325 e. The number of nitrogens with one attached hydrogen (secondary N) is 2. The Morgan fingerprint density at radius 1 is 1.10 bits per heavy atom. The Hall–Kier alpha value is -2.77. The molecule has 2 fully saturated rings. The highest BCUT2D eigenvalue weighted by atomic mass is 16.5. The fourth-order valence-electron chi connectivity index (χ4n) is 4.08. The van der Waals surface area contributed by atoms with Gasteiger partial charge in [0.2, 0.25) is 5.91 Å². The van der Waals surface area contributed by atoms with Gasteiger partial charge >= 0.3 is 6.03 Å². The molecule has 30 heavy (non-hydrogen) atoms. The van der Waals surface area contributed by atoms with Crippen molar-refractivity contribution in [1.82, 2.24) is 15.5 Å². The molecular weight excluding hydrogens is 386 g/mol. The molecule has 0 spiro atoms. The zero-order valence-corrected chi connectivity index (χ0v) is 17.7. The van der Waals surface area contributed by atoms with Gasteiger partial charge in [0.15, 0.2) is 11.5 Å². The van der Waals surface area contributed by atoms with Crippen molar-refractivity contribution in [3.05, 3.63) is 23.8 Å². The highest BCUT2D eigenvalue weighted by molar-refractivity contribution is 6.04. The summed E-state index contributed by atoms with van der Waals surface area (Å²) in [4.78, 5) is 38.5. The third-order valence-corrected chi connectivity index (χ3v) is 5.78. The SMILES string of the molecule is COc1ccc(CN2C(=O)N[C@H](CCC(=O)NC3CCCCCC3)C2=O)cc1OC. The van der Waals surface area contributed by atoms with Crippen LogP contribution < -0.4 is 20.1 Å². The van der Waals surface area contributed by atoms with Gasteiger partial charge in [0.25, 0.3) is 5.91 Å². The Kier molecular flexibility index (Phi) is 7.54. The summed E-state index contributed by atoms with van der Waals surface area (Å²) < 4.78 is 10.5. The van der Waals surface area contributed by atoms with E-state index >= 15 is 0 Å². The van der Waals surface area contributed by atoms with Gasteiger partial charge in [0.05, 0.1) is 20.8 Å². The van der Waals surface area contributed by atoms with Crippen LogP contribution in [0, 0.1) is 0 Å². The van der Waals surface area contributed by atoms with Gasteiger partial charge in [0, 0.05) is 12.5 Å². The topological polar surface area (TPSA) is 97.0 Å². The molecule has 1 aromatic rings. The monoisotopic (exact) mass is 417 g/mol. The maximum atomic E-state index is 12.7. The third-order valence-electron chi connectivity index (χ3n) is 5.78. The molecule has 8 nitrogen and oxygen atoms in total. The van der Waals surface area contributed by atoms with E-state index < -0.39 is 12.1 Å². The molecule has 1 aliphatic heterocycles. The van der Waals surface area contributed by atoms with E-state index in [9.17, 15) is 14.4 Å². The number of carbonyl (C=O) groups is 3. The summed E-state index contributed by atoms with van der Waals surface area (Å²) in [5.41, 5.74) is 0.753. The molecule has 8 heteroatoms. The molecule has 0 radical (unpaired) electrons. The molecule has 1 aromatic carbocycles. The fraction of sp³-hybridized carbons (Fsp3) is 0.591. The first-order valence-electron chi connectivity index (χ1n) is 10.6. The van der Waals surface area contributed by atoms with Crippen LogP contribution in [0.15, 0.2) is 18.2 Å². The lowest BCUT2D eigenvalue weighted by Crippen LogP contribution is -2.36. The lowest BCUT2D eigenvalue weighted by molar-refractivity contribution is -0.128. The minimum absolute atomic E-state index is 0.0534. The fourth-order valence-corrected chi connectivity index (χ4v) is 4.08. The van der Waals surface area contributed by atoms with E-state index in [1.165, 1.54) is 24.9 Å². The van der Waals surface area contributed by atoms with Crippen molar-refractivity contribution in [1.29, 1.82) is 0 Å². The quantitative estimate of drug-likeness (QED) is 0.501. The summed E-state index contributed by atoms with van der Waals surface area (Å²) in [7, 11) is 3.08. The molecule has 1 saturated heterocycles. The van der Waals surface area contributed by atoms with Crippen molar-refractivity contribution in [2.45, 2.75) is 70.0 Å². The van der Waals surface area contributed by atoms with Crippen LogP contribution in [0.3, 0.4) is 0 Å². The van der Waals surface area contributed by atoms with Crippen molar-refractivity contribution in [3.8, 4) is 11.5 Å². The van der Waals surface area contributed by atoms with Gasteiger partial charge in [-0.3, -0.25) is 14.5 Å². The molecule has 1 aliphatic carbocycles. The van der Waals surface area contributed by atoms with Crippen LogP contribution in [0.1, 0.15) is 56.9 Å². The van der Waals surface area contributed by atoms with E-state index in [0.29, 0.717) is 17.9 Å². The van der Waals surface area contributed by atoms with Crippen molar-refractivity contribution in [2.24, 2.45) is 0 Å². The van der Waals surface area contributed by atoms with E-state index in [2.05, 4.69) is 10.6 Å². The molecule has 1 saturated carbocycles.